The summed E-state index contributed by atoms with van der Waals surface area (Å²) in [5.41, 5.74) is 0.435. The molecule has 0 atom stereocenters. The van der Waals surface area contributed by atoms with Gasteiger partial charge in [-0.15, -0.1) is 0 Å². The van der Waals surface area contributed by atoms with Gasteiger partial charge in [0.25, 0.3) is 5.91 Å². The lowest BCUT2D eigenvalue weighted by atomic mass is 10.2. The first-order chi connectivity index (χ1) is 10.5. The second kappa shape index (κ2) is 5.51. The molecule has 0 aliphatic carbocycles. The van der Waals surface area contributed by atoms with Gasteiger partial charge in [0.1, 0.15) is 17.3 Å². The number of benzene rings is 1. The zero-order chi connectivity index (χ0) is 15.9. The molecule has 114 valence electrons. The van der Waals surface area contributed by atoms with Crippen LogP contribution in [0.25, 0.3) is 0 Å². The van der Waals surface area contributed by atoms with E-state index in [1.807, 2.05) is 0 Å². The molecule has 1 aliphatic heterocycles. The highest BCUT2D eigenvalue weighted by atomic mass is 35.5. The van der Waals surface area contributed by atoms with E-state index >= 15 is 0 Å². The summed E-state index contributed by atoms with van der Waals surface area (Å²) in [7, 11) is 0. The summed E-state index contributed by atoms with van der Waals surface area (Å²) in [6.45, 7) is 0.526. The molecule has 0 saturated heterocycles. The summed E-state index contributed by atoms with van der Waals surface area (Å²) in [6.07, 6.45) is 0. The van der Waals surface area contributed by atoms with Crippen LogP contribution in [0.1, 0.15) is 10.6 Å². The fraction of sp³-hybridized carbons (Fsp3) is 0.154. The summed E-state index contributed by atoms with van der Waals surface area (Å²) in [5.74, 6) is -0.734. The quantitative estimate of drug-likeness (QED) is 0.615. The Balaban J connectivity index is 1.97. The van der Waals surface area contributed by atoms with Crippen molar-refractivity contribution >= 4 is 40.7 Å². The summed E-state index contributed by atoms with van der Waals surface area (Å²) in [6, 6.07) is 5.41. The van der Waals surface area contributed by atoms with Crippen molar-refractivity contribution in [2.45, 2.75) is 0 Å². The van der Waals surface area contributed by atoms with E-state index in [0.29, 0.717) is 16.5 Å². The lowest BCUT2D eigenvalue weighted by Crippen LogP contribution is -2.37. The van der Waals surface area contributed by atoms with Gasteiger partial charge in [-0.3, -0.25) is 19.8 Å². The molecule has 0 spiro atoms. The first kappa shape index (κ1) is 14.7. The highest BCUT2D eigenvalue weighted by Gasteiger charge is 2.29. The molecule has 9 heteroatoms. The molecule has 2 aromatic rings. The van der Waals surface area contributed by atoms with E-state index in [1.165, 1.54) is 23.1 Å². The number of nitro groups is 1. The van der Waals surface area contributed by atoms with E-state index in [0.717, 1.165) is 6.07 Å². The second-order valence-electron chi connectivity index (χ2n) is 4.43. The van der Waals surface area contributed by atoms with Crippen molar-refractivity contribution in [3.8, 4) is 5.75 Å². The summed E-state index contributed by atoms with van der Waals surface area (Å²) < 4.78 is 10.4. The van der Waals surface area contributed by atoms with Gasteiger partial charge < -0.3 is 9.15 Å². The van der Waals surface area contributed by atoms with Gasteiger partial charge in [-0.2, -0.15) is 0 Å². The SMILES string of the molecule is O=C(c1ccc([N+](=O)[O-])o1)N1CCOc2cc(Cl)c(Cl)cc21. The number of hydrogen-bond donors (Lipinski definition) is 0. The van der Waals surface area contributed by atoms with Gasteiger partial charge in [-0.1, -0.05) is 23.2 Å². The van der Waals surface area contributed by atoms with E-state index < -0.39 is 16.7 Å². The van der Waals surface area contributed by atoms with Crippen LogP contribution in [-0.4, -0.2) is 24.0 Å². The fourth-order valence-corrected chi connectivity index (χ4v) is 2.41. The van der Waals surface area contributed by atoms with E-state index in [1.54, 1.807) is 0 Å². The Labute approximate surface area is 134 Å². The molecule has 0 saturated carbocycles. The third-order valence-electron chi connectivity index (χ3n) is 3.09. The maximum Gasteiger partial charge on any atom is 0.433 e. The summed E-state index contributed by atoms with van der Waals surface area (Å²) in [4.78, 5) is 23.8. The van der Waals surface area contributed by atoms with Crippen molar-refractivity contribution in [1.29, 1.82) is 0 Å². The minimum atomic E-state index is -0.708. The highest BCUT2D eigenvalue weighted by molar-refractivity contribution is 6.42. The van der Waals surface area contributed by atoms with Gasteiger partial charge in [0.05, 0.1) is 28.3 Å². The zero-order valence-corrected chi connectivity index (χ0v) is 12.4. The number of hydrogen-bond acceptors (Lipinski definition) is 5. The number of ether oxygens (including phenoxy) is 1. The number of halogens is 2. The van der Waals surface area contributed by atoms with Gasteiger partial charge in [0, 0.05) is 6.07 Å². The molecule has 1 amide bonds. The molecule has 0 bridgehead atoms. The van der Waals surface area contributed by atoms with Gasteiger partial charge in [0.15, 0.2) is 5.76 Å². The van der Waals surface area contributed by atoms with Crippen LogP contribution < -0.4 is 9.64 Å². The first-order valence-electron chi connectivity index (χ1n) is 6.15. The average Bonchev–Trinajstić information content (AvgIpc) is 2.97. The van der Waals surface area contributed by atoms with Crippen LogP contribution >= 0.6 is 23.2 Å². The molecular formula is C13H8Cl2N2O5. The number of furan rings is 1. The van der Waals surface area contributed by atoms with Crippen LogP contribution in [0.5, 0.6) is 5.75 Å². The zero-order valence-electron chi connectivity index (χ0n) is 10.9. The predicted molar refractivity (Wildman–Crippen MR) is 79.0 cm³/mol. The van der Waals surface area contributed by atoms with E-state index in [2.05, 4.69) is 0 Å². The molecule has 22 heavy (non-hydrogen) atoms. The van der Waals surface area contributed by atoms with Crippen molar-refractivity contribution in [2.75, 3.05) is 18.1 Å². The Morgan fingerprint density at radius 1 is 1.27 bits per heavy atom. The highest BCUT2D eigenvalue weighted by Crippen LogP contribution is 2.39. The minimum Gasteiger partial charge on any atom is -0.489 e. The Bertz CT molecular complexity index is 774. The Kier molecular flexibility index (Phi) is 3.67. The van der Waals surface area contributed by atoms with Crippen molar-refractivity contribution in [1.82, 2.24) is 0 Å². The average molecular weight is 343 g/mol. The van der Waals surface area contributed by atoms with Crippen molar-refractivity contribution in [3.63, 3.8) is 0 Å². The standard InChI is InChI=1S/C13H8Cl2N2O5/c14-7-5-9-11(6-8(7)15)21-4-3-16(9)13(18)10-1-2-12(22-10)17(19)20/h1-2,5-6H,3-4H2. The third kappa shape index (κ3) is 2.49. The van der Waals surface area contributed by atoms with Gasteiger partial charge >= 0.3 is 5.88 Å². The van der Waals surface area contributed by atoms with Crippen LogP contribution in [-0.2, 0) is 0 Å². The molecular weight excluding hydrogens is 335 g/mol. The Morgan fingerprint density at radius 2 is 2.00 bits per heavy atom. The fourth-order valence-electron chi connectivity index (χ4n) is 2.10. The topological polar surface area (TPSA) is 85.8 Å². The number of rotatable bonds is 2. The lowest BCUT2D eigenvalue weighted by molar-refractivity contribution is -0.402. The maximum absolute atomic E-state index is 12.5. The second-order valence-corrected chi connectivity index (χ2v) is 5.25. The van der Waals surface area contributed by atoms with Crippen molar-refractivity contribution in [2.24, 2.45) is 0 Å². The summed E-state index contributed by atoms with van der Waals surface area (Å²) >= 11 is 11.9. The minimum absolute atomic E-state index is 0.134. The molecule has 1 aliphatic rings. The van der Waals surface area contributed by atoms with Crippen LogP contribution in [0, 0.1) is 10.1 Å². The lowest BCUT2D eigenvalue weighted by Gasteiger charge is -2.29. The maximum atomic E-state index is 12.5. The number of anilines is 1. The van der Waals surface area contributed by atoms with E-state index in [4.69, 9.17) is 32.4 Å². The molecule has 2 heterocycles. The smallest absolute Gasteiger partial charge is 0.433 e. The van der Waals surface area contributed by atoms with E-state index in [9.17, 15) is 14.9 Å². The normalized spacial score (nSPS) is 13.5. The molecule has 7 nitrogen and oxygen atoms in total. The van der Waals surface area contributed by atoms with Gasteiger partial charge in [0.2, 0.25) is 0 Å². The van der Waals surface area contributed by atoms with Gasteiger partial charge in [-0.05, 0) is 12.1 Å². The molecule has 0 fully saturated rings. The Hall–Kier alpha value is -2.25. The molecule has 0 N–H and O–H groups in total. The number of amides is 1. The molecule has 1 aromatic carbocycles. The van der Waals surface area contributed by atoms with Crippen LogP contribution in [0.15, 0.2) is 28.7 Å². The molecule has 0 radical (unpaired) electrons. The summed E-state index contributed by atoms with van der Waals surface area (Å²) in [5, 5.41) is 11.2. The van der Waals surface area contributed by atoms with Crippen LogP contribution in [0.3, 0.4) is 0 Å². The molecule has 1 aromatic heterocycles. The number of carbonyl (C=O) groups is 1. The largest absolute Gasteiger partial charge is 0.489 e. The van der Waals surface area contributed by atoms with Crippen LogP contribution in [0.2, 0.25) is 10.0 Å². The van der Waals surface area contributed by atoms with Crippen LogP contribution in [0.4, 0.5) is 11.6 Å². The Morgan fingerprint density at radius 3 is 2.68 bits per heavy atom. The van der Waals surface area contributed by atoms with Crippen molar-refractivity contribution in [3.05, 3.63) is 50.2 Å². The van der Waals surface area contributed by atoms with Crippen molar-refractivity contribution < 1.29 is 18.9 Å². The van der Waals surface area contributed by atoms with E-state index in [-0.39, 0.29) is 23.9 Å². The number of carbonyl (C=O) groups excluding carboxylic acids is 1. The monoisotopic (exact) mass is 342 g/mol. The third-order valence-corrected chi connectivity index (χ3v) is 3.81. The molecule has 0 unspecified atom stereocenters. The first-order valence-corrected chi connectivity index (χ1v) is 6.91. The van der Waals surface area contributed by atoms with Gasteiger partial charge in [-0.25, -0.2) is 0 Å². The number of nitrogens with zero attached hydrogens (tertiary/aromatic N) is 2. The molecule has 3 rings (SSSR count). The predicted octanol–water partition coefficient (Wildman–Crippen LogP) is 3.53. The number of fused-ring (bicyclic) bond motifs is 1.